The van der Waals surface area contributed by atoms with Crippen molar-refractivity contribution in [2.24, 2.45) is 0 Å². The minimum absolute atomic E-state index is 0.145. The van der Waals surface area contributed by atoms with Gasteiger partial charge in [-0.05, 0) is 48.4 Å². The van der Waals surface area contributed by atoms with E-state index in [1.165, 1.54) is 20.3 Å². The molecule has 6 nitrogen and oxygen atoms in total. The minimum atomic E-state index is -0.658. The summed E-state index contributed by atoms with van der Waals surface area (Å²) in [6.07, 6.45) is 1.59. The van der Waals surface area contributed by atoms with Gasteiger partial charge in [-0.25, -0.2) is 4.79 Å². The van der Waals surface area contributed by atoms with Crippen LogP contribution in [0.4, 0.5) is 0 Å². The van der Waals surface area contributed by atoms with E-state index in [0.717, 1.165) is 0 Å². The molecule has 7 heteroatoms. The number of rotatable bonds is 5. The standard InChI is InChI=1S/C25H19ClO6/c1-14-11-16(31-25(28)23-18(29-2)9-6-10-19(23)30-3)13-20-22(14)24(27)21(32-20)12-15-7-4-5-8-17(15)26/h4-13H,1-3H3/b21-12-. The van der Waals surface area contributed by atoms with Gasteiger partial charge in [0.05, 0.1) is 19.8 Å². The van der Waals surface area contributed by atoms with Crippen molar-refractivity contribution in [2.75, 3.05) is 14.2 Å². The Kier molecular flexibility index (Phi) is 5.88. The highest BCUT2D eigenvalue weighted by Gasteiger charge is 2.31. The molecule has 0 atom stereocenters. The number of Topliss-reactive ketones (excluding diaryl/α,β-unsaturated/α-hetero) is 1. The van der Waals surface area contributed by atoms with Gasteiger partial charge in [-0.3, -0.25) is 4.79 Å². The van der Waals surface area contributed by atoms with E-state index in [-0.39, 0.29) is 22.9 Å². The zero-order valence-corrected chi connectivity index (χ0v) is 18.4. The summed E-state index contributed by atoms with van der Waals surface area (Å²) in [5.41, 5.74) is 1.85. The predicted octanol–water partition coefficient (Wildman–Crippen LogP) is 5.50. The Hall–Kier alpha value is -3.77. The molecule has 0 unspecified atom stereocenters. The smallest absolute Gasteiger partial charge is 0.351 e. The molecule has 0 bridgehead atoms. The molecular formula is C25H19ClO6. The van der Waals surface area contributed by atoms with Crippen molar-refractivity contribution in [3.63, 3.8) is 0 Å². The molecule has 0 amide bonds. The topological polar surface area (TPSA) is 71.1 Å². The first kappa shape index (κ1) is 21.5. The second kappa shape index (κ2) is 8.77. The molecular weight excluding hydrogens is 432 g/mol. The summed E-state index contributed by atoms with van der Waals surface area (Å²) in [6, 6.07) is 15.2. The van der Waals surface area contributed by atoms with Gasteiger partial charge in [0.15, 0.2) is 5.76 Å². The highest BCUT2D eigenvalue weighted by Crippen LogP contribution is 2.38. The molecule has 1 aliphatic heterocycles. The second-order valence-corrected chi connectivity index (χ2v) is 7.41. The number of halogens is 1. The maximum atomic E-state index is 12.9. The Morgan fingerprint density at radius 3 is 2.34 bits per heavy atom. The highest BCUT2D eigenvalue weighted by molar-refractivity contribution is 6.32. The van der Waals surface area contributed by atoms with Crippen LogP contribution >= 0.6 is 11.6 Å². The largest absolute Gasteiger partial charge is 0.496 e. The van der Waals surface area contributed by atoms with E-state index in [9.17, 15) is 9.59 Å². The Balaban J connectivity index is 1.65. The van der Waals surface area contributed by atoms with Crippen LogP contribution in [-0.2, 0) is 0 Å². The number of aryl methyl sites for hydroxylation is 1. The molecule has 4 rings (SSSR count). The lowest BCUT2D eigenvalue weighted by molar-refractivity contribution is 0.0727. The van der Waals surface area contributed by atoms with E-state index in [2.05, 4.69) is 0 Å². The molecule has 1 heterocycles. The molecule has 0 fully saturated rings. The Bertz CT molecular complexity index is 1240. The zero-order chi connectivity index (χ0) is 22.8. The fourth-order valence-electron chi connectivity index (χ4n) is 3.48. The van der Waals surface area contributed by atoms with Gasteiger partial charge >= 0.3 is 5.97 Å². The molecule has 0 saturated heterocycles. The average molecular weight is 451 g/mol. The van der Waals surface area contributed by atoms with Gasteiger partial charge in [0.1, 0.15) is 28.6 Å². The molecule has 32 heavy (non-hydrogen) atoms. The second-order valence-electron chi connectivity index (χ2n) is 7.00. The molecule has 0 N–H and O–H groups in total. The van der Waals surface area contributed by atoms with Crippen molar-refractivity contribution in [1.29, 1.82) is 0 Å². The molecule has 3 aromatic carbocycles. The summed E-state index contributed by atoms with van der Waals surface area (Å²) in [5.74, 6) is 0.406. The first-order chi connectivity index (χ1) is 15.4. The average Bonchev–Trinajstić information content (AvgIpc) is 3.09. The maximum Gasteiger partial charge on any atom is 0.351 e. The first-order valence-electron chi connectivity index (χ1n) is 9.69. The number of ether oxygens (including phenoxy) is 4. The van der Waals surface area contributed by atoms with Gasteiger partial charge in [-0.2, -0.15) is 0 Å². The summed E-state index contributed by atoms with van der Waals surface area (Å²) < 4.78 is 21.9. The van der Waals surface area contributed by atoms with Crippen molar-refractivity contribution < 1.29 is 28.5 Å². The van der Waals surface area contributed by atoms with Gasteiger partial charge in [0.2, 0.25) is 5.78 Å². The van der Waals surface area contributed by atoms with Gasteiger partial charge in [-0.15, -0.1) is 0 Å². The summed E-state index contributed by atoms with van der Waals surface area (Å²) in [7, 11) is 2.91. The lowest BCUT2D eigenvalue weighted by Gasteiger charge is -2.13. The Morgan fingerprint density at radius 1 is 1.00 bits per heavy atom. The van der Waals surface area contributed by atoms with Crippen LogP contribution in [0.25, 0.3) is 6.08 Å². The quantitative estimate of drug-likeness (QED) is 0.290. The lowest BCUT2D eigenvalue weighted by Crippen LogP contribution is -2.12. The molecule has 0 radical (unpaired) electrons. The Labute approximate surface area is 189 Å². The molecule has 0 aromatic heterocycles. The number of benzene rings is 3. The monoisotopic (exact) mass is 450 g/mol. The van der Waals surface area contributed by atoms with Crippen LogP contribution < -0.4 is 18.9 Å². The summed E-state index contributed by atoms with van der Waals surface area (Å²) in [4.78, 5) is 25.8. The first-order valence-corrected chi connectivity index (χ1v) is 10.1. The van der Waals surface area contributed by atoms with Crippen LogP contribution in [0.3, 0.4) is 0 Å². The van der Waals surface area contributed by atoms with Crippen LogP contribution in [0.15, 0.2) is 60.4 Å². The number of carbonyl (C=O) groups is 2. The fraction of sp³-hybridized carbons (Fsp3) is 0.120. The Morgan fingerprint density at radius 2 is 1.69 bits per heavy atom. The number of carbonyl (C=O) groups excluding carboxylic acids is 2. The summed E-state index contributed by atoms with van der Waals surface area (Å²) in [5, 5.41) is 0.504. The van der Waals surface area contributed by atoms with Crippen LogP contribution in [0.1, 0.15) is 31.8 Å². The molecule has 1 aliphatic rings. The number of hydrogen-bond donors (Lipinski definition) is 0. The third-order valence-corrected chi connectivity index (χ3v) is 5.32. The van der Waals surface area contributed by atoms with Gasteiger partial charge < -0.3 is 18.9 Å². The predicted molar refractivity (Wildman–Crippen MR) is 120 cm³/mol. The number of ketones is 1. The van der Waals surface area contributed by atoms with Crippen LogP contribution in [-0.4, -0.2) is 26.0 Å². The molecule has 162 valence electrons. The van der Waals surface area contributed by atoms with Crippen LogP contribution in [0.5, 0.6) is 23.0 Å². The van der Waals surface area contributed by atoms with Gasteiger partial charge in [0, 0.05) is 11.1 Å². The molecule has 3 aromatic rings. The van der Waals surface area contributed by atoms with Crippen molar-refractivity contribution >= 4 is 29.4 Å². The van der Waals surface area contributed by atoms with Crippen molar-refractivity contribution in [3.05, 3.63) is 87.6 Å². The van der Waals surface area contributed by atoms with Crippen molar-refractivity contribution in [2.45, 2.75) is 6.92 Å². The molecule has 0 spiro atoms. The number of fused-ring (bicyclic) bond motifs is 1. The van der Waals surface area contributed by atoms with E-state index in [1.807, 2.05) is 6.07 Å². The molecule has 0 saturated carbocycles. The lowest BCUT2D eigenvalue weighted by atomic mass is 10.0. The van der Waals surface area contributed by atoms with E-state index >= 15 is 0 Å². The zero-order valence-electron chi connectivity index (χ0n) is 17.6. The summed E-state index contributed by atoms with van der Waals surface area (Å²) in [6.45, 7) is 1.75. The third-order valence-electron chi connectivity index (χ3n) is 4.98. The SMILES string of the molecule is COc1cccc(OC)c1C(=O)Oc1cc(C)c2c(c1)O/C(=C\c1ccccc1Cl)C2=O. The number of hydrogen-bond acceptors (Lipinski definition) is 6. The van der Waals surface area contributed by atoms with Crippen LogP contribution in [0, 0.1) is 6.92 Å². The van der Waals surface area contributed by atoms with Gasteiger partial charge in [-0.1, -0.05) is 35.9 Å². The highest BCUT2D eigenvalue weighted by atomic mass is 35.5. The number of esters is 1. The van der Waals surface area contributed by atoms with E-state index in [4.69, 9.17) is 30.5 Å². The van der Waals surface area contributed by atoms with E-state index in [0.29, 0.717) is 39.0 Å². The normalized spacial score (nSPS) is 13.5. The van der Waals surface area contributed by atoms with Crippen molar-refractivity contribution in [3.8, 4) is 23.0 Å². The molecule has 0 aliphatic carbocycles. The third kappa shape index (κ3) is 3.92. The van der Waals surface area contributed by atoms with E-state index in [1.54, 1.807) is 55.5 Å². The maximum absolute atomic E-state index is 12.9. The number of methoxy groups -OCH3 is 2. The van der Waals surface area contributed by atoms with Crippen LogP contribution in [0.2, 0.25) is 5.02 Å². The number of allylic oxidation sites excluding steroid dienone is 1. The minimum Gasteiger partial charge on any atom is -0.496 e. The van der Waals surface area contributed by atoms with Crippen molar-refractivity contribution in [1.82, 2.24) is 0 Å². The summed E-state index contributed by atoms with van der Waals surface area (Å²) >= 11 is 6.19. The van der Waals surface area contributed by atoms with Gasteiger partial charge in [0.25, 0.3) is 0 Å². The fourth-order valence-corrected chi connectivity index (χ4v) is 3.67. The van der Waals surface area contributed by atoms with E-state index < -0.39 is 5.97 Å².